The summed E-state index contributed by atoms with van der Waals surface area (Å²) in [5.41, 5.74) is 4.28. The zero-order chi connectivity index (χ0) is 13.8. The lowest BCUT2D eigenvalue weighted by Crippen LogP contribution is -2.29. The maximum atomic E-state index is 3.48. The lowest BCUT2D eigenvalue weighted by molar-refractivity contribution is 0.220. The first-order chi connectivity index (χ1) is 9.06. The molecule has 19 heavy (non-hydrogen) atoms. The predicted octanol–water partition coefficient (Wildman–Crippen LogP) is 3.91. The van der Waals surface area contributed by atoms with Crippen LogP contribution in [-0.4, -0.2) is 24.5 Å². The van der Waals surface area contributed by atoms with Gasteiger partial charge in [-0.25, -0.2) is 0 Å². The second-order valence-corrected chi connectivity index (χ2v) is 6.42. The molecule has 1 aliphatic heterocycles. The van der Waals surface area contributed by atoms with Gasteiger partial charge in [0.05, 0.1) is 0 Å². The molecule has 2 nitrogen and oxygen atoms in total. The van der Waals surface area contributed by atoms with Crippen LogP contribution in [-0.2, 0) is 13.0 Å². The number of hydrogen-bond acceptors (Lipinski definition) is 2. The van der Waals surface area contributed by atoms with Gasteiger partial charge in [0.15, 0.2) is 0 Å². The molecule has 1 atom stereocenters. The van der Waals surface area contributed by atoms with Crippen LogP contribution in [0.4, 0.5) is 5.69 Å². The average molecular weight is 260 g/mol. The Kier molecular flexibility index (Phi) is 4.87. The molecule has 2 heteroatoms. The molecule has 0 saturated carbocycles. The Hall–Kier alpha value is -1.02. The molecule has 1 heterocycles. The van der Waals surface area contributed by atoms with Gasteiger partial charge in [0.1, 0.15) is 0 Å². The highest BCUT2D eigenvalue weighted by molar-refractivity contribution is 5.54. The molecule has 1 aliphatic rings. The first-order valence-electron chi connectivity index (χ1n) is 7.62. The standard InChI is InChI=1S/C17H28N2/c1-13(2)10-14(3)19(4)12-15-7-8-17-16(11-15)6-5-9-18-17/h7-8,11,13-14,18H,5-6,9-10,12H2,1-4H3. The maximum absolute atomic E-state index is 3.48. The fourth-order valence-electron chi connectivity index (χ4n) is 2.93. The van der Waals surface area contributed by atoms with Crippen molar-refractivity contribution in [1.82, 2.24) is 4.90 Å². The monoisotopic (exact) mass is 260 g/mol. The van der Waals surface area contributed by atoms with E-state index in [0.29, 0.717) is 6.04 Å². The fraction of sp³-hybridized carbons (Fsp3) is 0.647. The number of nitrogens with one attached hydrogen (secondary N) is 1. The van der Waals surface area contributed by atoms with Crippen LogP contribution >= 0.6 is 0 Å². The summed E-state index contributed by atoms with van der Waals surface area (Å²) in [6.07, 6.45) is 3.75. The Morgan fingerprint density at radius 3 is 2.79 bits per heavy atom. The summed E-state index contributed by atoms with van der Waals surface area (Å²) in [5.74, 6) is 0.769. The minimum atomic E-state index is 0.647. The molecule has 0 bridgehead atoms. The molecule has 1 N–H and O–H groups in total. The number of anilines is 1. The van der Waals surface area contributed by atoms with E-state index in [1.807, 2.05) is 0 Å². The van der Waals surface area contributed by atoms with Crippen LogP contribution in [0.15, 0.2) is 18.2 Å². The molecular weight excluding hydrogens is 232 g/mol. The molecule has 0 fully saturated rings. The molecule has 0 saturated heterocycles. The van der Waals surface area contributed by atoms with Crippen molar-refractivity contribution in [3.63, 3.8) is 0 Å². The van der Waals surface area contributed by atoms with E-state index in [1.54, 1.807) is 0 Å². The predicted molar refractivity (Wildman–Crippen MR) is 83.6 cm³/mol. The third-order valence-corrected chi connectivity index (χ3v) is 4.10. The van der Waals surface area contributed by atoms with Gasteiger partial charge in [0.2, 0.25) is 0 Å². The number of rotatable bonds is 5. The molecular formula is C17H28N2. The number of fused-ring (bicyclic) bond motifs is 1. The summed E-state index contributed by atoms with van der Waals surface area (Å²) in [6.45, 7) is 9.11. The van der Waals surface area contributed by atoms with E-state index in [1.165, 1.54) is 36.1 Å². The summed E-state index contributed by atoms with van der Waals surface area (Å²) in [4.78, 5) is 2.47. The van der Waals surface area contributed by atoms with Gasteiger partial charge in [-0.05, 0) is 56.3 Å². The van der Waals surface area contributed by atoms with Gasteiger partial charge >= 0.3 is 0 Å². The summed E-state index contributed by atoms with van der Waals surface area (Å²) in [7, 11) is 2.24. The molecule has 1 aromatic carbocycles. The first-order valence-corrected chi connectivity index (χ1v) is 7.62. The van der Waals surface area contributed by atoms with Crippen molar-refractivity contribution in [1.29, 1.82) is 0 Å². The van der Waals surface area contributed by atoms with Crippen molar-refractivity contribution in [2.45, 2.75) is 52.6 Å². The third-order valence-electron chi connectivity index (χ3n) is 4.10. The van der Waals surface area contributed by atoms with Crippen LogP contribution in [0.5, 0.6) is 0 Å². The van der Waals surface area contributed by atoms with E-state index >= 15 is 0 Å². The molecule has 1 aromatic rings. The quantitative estimate of drug-likeness (QED) is 0.863. The summed E-state index contributed by atoms with van der Waals surface area (Å²) in [6, 6.07) is 7.56. The molecule has 106 valence electrons. The SMILES string of the molecule is CC(C)CC(C)N(C)Cc1ccc2c(c1)CCCN2. The van der Waals surface area contributed by atoms with Gasteiger partial charge < -0.3 is 5.32 Å². The molecule has 0 aromatic heterocycles. The van der Waals surface area contributed by atoms with Gasteiger partial charge in [0, 0.05) is 24.8 Å². The van der Waals surface area contributed by atoms with Crippen LogP contribution in [0, 0.1) is 5.92 Å². The van der Waals surface area contributed by atoms with Gasteiger partial charge in [0.25, 0.3) is 0 Å². The molecule has 1 unspecified atom stereocenters. The van der Waals surface area contributed by atoms with Gasteiger partial charge in [-0.3, -0.25) is 4.90 Å². The number of benzene rings is 1. The summed E-state index contributed by atoms with van der Waals surface area (Å²) >= 11 is 0. The Bertz CT molecular complexity index is 412. The Morgan fingerprint density at radius 1 is 1.26 bits per heavy atom. The van der Waals surface area contributed by atoms with E-state index < -0.39 is 0 Å². The zero-order valence-electron chi connectivity index (χ0n) is 12.9. The van der Waals surface area contributed by atoms with Crippen molar-refractivity contribution in [3.8, 4) is 0 Å². The van der Waals surface area contributed by atoms with E-state index in [9.17, 15) is 0 Å². The van der Waals surface area contributed by atoms with Gasteiger partial charge in [-0.2, -0.15) is 0 Å². The van der Waals surface area contributed by atoms with Gasteiger partial charge in [-0.1, -0.05) is 26.0 Å². The lowest BCUT2D eigenvalue weighted by atomic mass is 10.00. The Labute approximate surface area is 118 Å². The van der Waals surface area contributed by atoms with E-state index in [-0.39, 0.29) is 0 Å². The molecule has 2 rings (SSSR count). The molecule has 0 aliphatic carbocycles. The normalized spacial score (nSPS) is 16.3. The van der Waals surface area contributed by atoms with E-state index in [0.717, 1.165) is 19.0 Å². The van der Waals surface area contributed by atoms with Crippen LogP contribution in [0.3, 0.4) is 0 Å². The van der Waals surface area contributed by atoms with Crippen molar-refractivity contribution >= 4 is 5.69 Å². The molecule has 0 spiro atoms. The average Bonchev–Trinajstić information content (AvgIpc) is 2.37. The van der Waals surface area contributed by atoms with E-state index in [4.69, 9.17) is 0 Å². The zero-order valence-corrected chi connectivity index (χ0v) is 12.9. The topological polar surface area (TPSA) is 15.3 Å². The van der Waals surface area contributed by atoms with Gasteiger partial charge in [-0.15, -0.1) is 0 Å². The summed E-state index contributed by atoms with van der Waals surface area (Å²) < 4.78 is 0. The Balaban J connectivity index is 1.98. The van der Waals surface area contributed by atoms with Crippen molar-refractivity contribution in [2.24, 2.45) is 5.92 Å². The summed E-state index contributed by atoms with van der Waals surface area (Å²) in [5, 5.41) is 3.48. The van der Waals surface area contributed by atoms with Crippen LogP contribution in [0.2, 0.25) is 0 Å². The molecule has 0 radical (unpaired) electrons. The minimum absolute atomic E-state index is 0.647. The highest BCUT2D eigenvalue weighted by atomic mass is 15.1. The lowest BCUT2D eigenvalue weighted by Gasteiger charge is -2.27. The Morgan fingerprint density at radius 2 is 2.05 bits per heavy atom. The number of hydrogen-bond donors (Lipinski definition) is 1. The van der Waals surface area contributed by atoms with Crippen molar-refractivity contribution in [3.05, 3.63) is 29.3 Å². The minimum Gasteiger partial charge on any atom is -0.385 e. The third kappa shape index (κ3) is 3.97. The van der Waals surface area contributed by atoms with Crippen molar-refractivity contribution < 1.29 is 0 Å². The maximum Gasteiger partial charge on any atom is 0.0372 e. The number of aryl methyl sites for hydroxylation is 1. The smallest absolute Gasteiger partial charge is 0.0372 e. The largest absolute Gasteiger partial charge is 0.385 e. The van der Waals surface area contributed by atoms with E-state index in [2.05, 4.69) is 56.2 Å². The van der Waals surface area contributed by atoms with Crippen molar-refractivity contribution in [2.75, 3.05) is 18.9 Å². The first kappa shape index (κ1) is 14.4. The van der Waals surface area contributed by atoms with Crippen LogP contribution in [0.1, 0.15) is 44.7 Å². The van der Waals surface area contributed by atoms with Crippen LogP contribution in [0.25, 0.3) is 0 Å². The fourth-order valence-corrected chi connectivity index (χ4v) is 2.93. The second-order valence-electron chi connectivity index (χ2n) is 6.42. The number of nitrogens with zero attached hydrogens (tertiary/aromatic N) is 1. The highest BCUT2D eigenvalue weighted by Crippen LogP contribution is 2.24. The second kappa shape index (κ2) is 6.42. The van der Waals surface area contributed by atoms with Crippen LogP contribution < -0.4 is 5.32 Å². The molecule has 0 amide bonds. The highest BCUT2D eigenvalue weighted by Gasteiger charge is 2.13.